The van der Waals surface area contributed by atoms with Crippen molar-refractivity contribution in [3.63, 3.8) is 0 Å². The number of benzene rings is 1. The molecule has 3 nitrogen and oxygen atoms in total. The molecule has 1 N–H and O–H groups in total. The predicted molar refractivity (Wildman–Crippen MR) is 85.9 cm³/mol. The molecule has 2 aliphatic rings. The van der Waals surface area contributed by atoms with E-state index in [1.807, 2.05) is 12.1 Å². The van der Waals surface area contributed by atoms with Gasteiger partial charge in [0.2, 0.25) is 5.91 Å². The largest absolute Gasteiger partial charge is 0.352 e. The summed E-state index contributed by atoms with van der Waals surface area (Å²) in [4.78, 5) is 14.6. The van der Waals surface area contributed by atoms with E-state index in [4.69, 9.17) is 23.2 Å². The maximum Gasteiger partial charge on any atom is 0.220 e. The number of nitrogens with one attached hydrogen (secondary N) is 1. The number of carbonyl (C=O) groups is 1. The minimum Gasteiger partial charge on any atom is -0.352 e. The van der Waals surface area contributed by atoms with Crippen molar-refractivity contribution in [1.82, 2.24) is 10.2 Å². The summed E-state index contributed by atoms with van der Waals surface area (Å²) in [6.45, 7) is 2.13. The number of halogens is 2. The van der Waals surface area contributed by atoms with Gasteiger partial charge in [0.15, 0.2) is 0 Å². The first-order valence-corrected chi connectivity index (χ1v) is 8.35. The van der Waals surface area contributed by atoms with Crippen LogP contribution in [-0.2, 0) is 11.2 Å². The average Bonchev–Trinajstić information content (AvgIpc) is 3.21. The molecule has 0 aromatic heterocycles. The lowest BCUT2D eigenvalue weighted by Gasteiger charge is -2.16. The smallest absolute Gasteiger partial charge is 0.220 e. The fourth-order valence-electron chi connectivity index (χ4n) is 2.97. The van der Waals surface area contributed by atoms with Gasteiger partial charge in [-0.05, 0) is 37.3 Å². The molecule has 0 radical (unpaired) electrons. The second kappa shape index (κ2) is 6.55. The Labute approximate surface area is 135 Å². The molecule has 1 unspecified atom stereocenters. The lowest BCUT2D eigenvalue weighted by Crippen LogP contribution is -2.37. The van der Waals surface area contributed by atoms with E-state index in [1.165, 1.54) is 12.8 Å². The van der Waals surface area contributed by atoms with Gasteiger partial charge in [-0.2, -0.15) is 0 Å². The molecular weight excluding hydrogens is 307 g/mol. The highest BCUT2D eigenvalue weighted by molar-refractivity contribution is 6.42. The van der Waals surface area contributed by atoms with Crippen molar-refractivity contribution in [2.75, 3.05) is 13.1 Å². The molecule has 1 aliphatic carbocycles. The van der Waals surface area contributed by atoms with Crippen LogP contribution in [0.2, 0.25) is 10.0 Å². The Balaban J connectivity index is 1.45. The summed E-state index contributed by atoms with van der Waals surface area (Å²) in [7, 11) is 0. The van der Waals surface area contributed by atoms with Crippen LogP contribution in [0, 0.1) is 0 Å². The van der Waals surface area contributed by atoms with E-state index in [2.05, 4.69) is 10.2 Å². The molecular formula is C16H20Cl2N2O. The third-order valence-corrected chi connectivity index (χ3v) is 5.16. The number of hydrogen-bond donors (Lipinski definition) is 1. The van der Waals surface area contributed by atoms with E-state index in [-0.39, 0.29) is 5.91 Å². The molecule has 1 aromatic carbocycles. The normalized spacial score (nSPS) is 22.5. The van der Waals surface area contributed by atoms with E-state index in [1.54, 1.807) is 6.07 Å². The van der Waals surface area contributed by atoms with Gasteiger partial charge in [0.1, 0.15) is 0 Å². The van der Waals surface area contributed by atoms with Crippen molar-refractivity contribution < 1.29 is 4.79 Å². The number of likely N-dealkylation sites (tertiary alicyclic amines) is 1. The van der Waals surface area contributed by atoms with Crippen LogP contribution in [-0.4, -0.2) is 36.0 Å². The molecule has 1 saturated heterocycles. The summed E-state index contributed by atoms with van der Waals surface area (Å²) in [6.07, 6.45) is 4.81. The van der Waals surface area contributed by atoms with Gasteiger partial charge < -0.3 is 5.32 Å². The van der Waals surface area contributed by atoms with Crippen LogP contribution >= 0.6 is 23.2 Å². The van der Waals surface area contributed by atoms with Gasteiger partial charge in [-0.3, -0.25) is 9.69 Å². The molecule has 21 heavy (non-hydrogen) atoms. The molecule has 1 amide bonds. The molecule has 0 spiro atoms. The Bertz CT molecular complexity index is 531. The van der Waals surface area contributed by atoms with Gasteiger partial charge in [0.05, 0.1) is 10.0 Å². The quantitative estimate of drug-likeness (QED) is 0.900. The number of hydrogen-bond acceptors (Lipinski definition) is 2. The van der Waals surface area contributed by atoms with Crippen LogP contribution in [0.15, 0.2) is 18.2 Å². The second-order valence-corrected chi connectivity index (χ2v) is 6.78. The Kier molecular flexibility index (Phi) is 4.72. The minimum absolute atomic E-state index is 0.105. The Morgan fingerprint density at radius 1 is 1.29 bits per heavy atom. The van der Waals surface area contributed by atoms with Crippen molar-refractivity contribution in [3.8, 4) is 0 Å². The molecule has 0 bridgehead atoms. The van der Waals surface area contributed by atoms with Gasteiger partial charge in [-0.15, -0.1) is 0 Å². The van der Waals surface area contributed by atoms with Crippen LogP contribution in [0.5, 0.6) is 0 Å². The fraction of sp³-hybridized carbons (Fsp3) is 0.562. The van der Waals surface area contributed by atoms with E-state index < -0.39 is 0 Å². The van der Waals surface area contributed by atoms with Crippen molar-refractivity contribution in [3.05, 3.63) is 33.8 Å². The van der Waals surface area contributed by atoms with Crippen LogP contribution < -0.4 is 5.32 Å². The van der Waals surface area contributed by atoms with Crippen LogP contribution in [0.4, 0.5) is 0 Å². The Morgan fingerprint density at radius 2 is 2.10 bits per heavy atom. The number of carbonyl (C=O) groups excluding carboxylic acids is 1. The highest BCUT2D eigenvalue weighted by Crippen LogP contribution is 2.30. The number of rotatable bonds is 5. The number of aryl methyl sites for hydroxylation is 1. The van der Waals surface area contributed by atoms with Gasteiger partial charge in [0, 0.05) is 31.6 Å². The highest BCUT2D eigenvalue weighted by Gasteiger charge is 2.34. The molecule has 1 aromatic rings. The monoisotopic (exact) mass is 326 g/mol. The van der Waals surface area contributed by atoms with Crippen molar-refractivity contribution in [2.45, 2.75) is 44.2 Å². The molecule has 1 aliphatic heterocycles. The second-order valence-electron chi connectivity index (χ2n) is 5.99. The summed E-state index contributed by atoms with van der Waals surface area (Å²) in [5.41, 5.74) is 0.936. The summed E-state index contributed by atoms with van der Waals surface area (Å²) < 4.78 is 0. The first-order valence-electron chi connectivity index (χ1n) is 7.60. The van der Waals surface area contributed by atoms with Crippen molar-refractivity contribution in [1.29, 1.82) is 0 Å². The Hall–Kier alpha value is -0.770. The maximum atomic E-state index is 12.1. The summed E-state index contributed by atoms with van der Waals surface area (Å²) in [5.74, 6) is 0.105. The zero-order valence-electron chi connectivity index (χ0n) is 11.9. The van der Waals surface area contributed by atoms with Gasteiger partial charge in [-0.1, -0.05) is 35.3 Å². The molecule has 3 rings (SSSR count). The van der Waals surface area contributed by atoms with Gasteiger partial charge >= 0.3 is 0 Å². The minimum atomic E-state index is 0.105. The molecule has 1 saturated carbocycles. The standard InChI is InChI=1S/C16H20Cl2N2O/c17-14-3-1-2-11(16(14)18)4-7-15(21)19-12-8-9-20(10-12)13-5-6-13/h1-3,12-13H,4-10H2,(H,19,21). The predicted octanol–water partition coefficient (Wildman–Crippen LogP) is 3.28. The summed E-state index contributed by atoms with van der Waals surface area (Å²) in [6, 6.07) is 6.65. The van der Waals surface area contributed by atoms with Crippen LogP contribution in [0.3, 0.4) is 0 Å². The Morgan fingerprint density at radius 3 is 2.86 bits per heavy atom. The molecule has 1 heterocycles. The lowest BCUT2D eigenvalue weighted by atomic mass is 10.1. The van der Waals surface area contributed by atoms with E-state index in [0.717, 1.165) is 31.1 Å². The van der Waals surface area contributed by atoms with E-state index in [9.17, 15) is 4.79 Å². The van der Waals surface area contributed by atoms with Crippen LogP contribution in [0.25, 0.3) is 0 Å². The van der Waals surface area contributed by atoms with Gasteiger partial charge in [0.25, 0.3) is 0 Å². The van der Waals surface area contributed by atoms with E-state index >= 15 is 0 Å². The van der Waals surface area contributed by atoms with Crippen molar-refractivity contribution >= 4 is 29.1 Å². The first-order chi connectivity index (χ1) is 10.1. The maximum absolute atomic E-state index is 12.1. The van der Waals surface area contributed by atoms with Crippen molar-refractivity contribution in [2.24, 2.45) is 0 Å². The third kappa shape index (κ3) is 3.91. The van der Waals surface area contributed by atoms with Crippen LogP contribution in [0.1, 0.15) is 31.2 Å². The summed E-state index contributed by atoms with van der Waals surface area (Å²) in [5, 5.41) is 4.25. The number of amides is 1. The molecule has 5 heteroatoms. The van der Waals surface area contributed by atoms with Gasteiger partial charge in [-0.25, -0.2) is 0 Å². The SMILES string of the molecule is O=C(CCc1cccc(Cl)c1Cl)NC1CCN(C2CC2)C1. The lowest BCUT2D eigenvalue weighted by molar-refractivity contribution is -0.121. The van der Waals surface area contributed by atoms with E-state index in [0.29, 0.717) is 28.9 Å². The first kappa shape index (κ1) is 15.1. The summed E-state index contributed by atoms with van der Waals surface area (Å²) >= 11 is 12.1. The zero-order valence-corrected chi connectivity index (χ0v) is 13.5. The highest BCUT2D eigenvalue weighted by atomic mass is 35.5. The topological polar surface area (TPSA) is 32.3 Å². The molecule has 2 fully saturated rings. The third-order valence-electron chi connectivity index (χ3n) is 4.30. The average molecular weight is 327 g/mol. The fourth-order valence-corrected chi connectivity index (χ4v) is 3.38. The number of nitrogens with zero attached hydrogens (tertiary/aromatic N) is 1. The molecule has 114 valence electrons. The molecule has 1 atom stereocenters. The zero-order chi connectivity index (χ0) is 14.8.